The molecule has 6 amide bonds. The molecule has 19 nitrogen and oxygen atoms in total. The number of nitrogens with zero attached hydrogens (tertiary/aromatic N) is 5. The third kappa shape index (κ3) is 9.85. The van der Waals surface area contributed by atoms with Crippen molar-refractivity contribution < 1.29 is 38.4 Å². The van der Waals surface area contributed by atoms with Crippen LogP contribution in [0.25, 0.3) is 0 Å². The molecule has 8 rings (SSSR count). The van der Waals surface area contributed by atoms with Gasteiger partial charge in [0.1, 0.15) is 17.1 Å². The van der Waals surface area contributed by atoms with Gasteiger partial charge in [0, 0.05) is 49.6 Å². The molecule has 4 heterocycles. The topological polar surface area (TPSA) is 245 Å². The summed E-state index contributed by atoms with van der Waals surface area (Å²) in [6.45, 7) is 4.05. The lowest BCUT2D eigenvalue weighted by Crippen LogP contribution is -2.71. The first-order valence-corrected chi connectivity index (χ1v) is 26.0. The summed E-state index contributed by atoms with van der Waals surface area (Å²) in [4.78, 5) is 109. The second-order valence-corrected chi connectivity index (χ2v) is 23.6. The van der Waals surface area contributed by atoms with Crippen LogP contribution in [0.15, 0.2) is 147 Å². The van der Waals surface area contributed by atoms with Gasteiger partial charge in [-0.3, -0.25) is 43.1 Å². The number of β-lactam (4-membered cyclic amide) rings is 1. The molecule has 5 aromatic rings. The van der Waals surface area contributed by atoms with Gasteiger partial charge >= 0.3 is 34.9 Å². The molecule has 2 saturated heterocycles. The zero-order chi connectivity index (χ0) is 49.7. The fraction of sp³-hybridized carbons (Fsp3) is 0.271. The van der Waals surface area contributed by atoms with Crippen molar-refractivity contribution >= 4 is 77.8 Å². The quantitative estimate of drug-likeness (QED) is 0.0295. The molecule has 3 aliphatic rings. The summed E-state index contributed by atoms with van der Waals surface area (Å²) in [5, 5.41) is 21.9. The Labute approximate surface area is 410 Å². The van der Waals surface area contributed by atoms with E-state index >= 15 is 0 Å². The maximum absolute atomic E-state index is 14.6. The molecule has 0 aliphatic carbocycles. The number of hydrogen-bond donors (Lipinski definition) is 5. The van der Waals surface area contributed by atoms with E-state index in [-0.39, 0.29) is 60.7 Å². The van der Waals surface area contributed by atoms with Crippen molar-refractivity contribution in [2.75, 3.05) is 25.4 Å². The van der Waals surface area contributed by atoms with Gasteiger partial charge in [0.05, 0.1) is 11.8 Å². The molecular weight excluding hydrogens is 955 g/mol. The molecule has 2 fully saturated rings. The molecule has 0 radical (unpaired) electrons. The van der Waals surface area contributed by atoms with Crippen LogP contribution in [0.5, 0.6) is 0 Å². The van der Waals surface area contributed by atoms with E-state index in [1.54, 1.807) is 30.3 Å². The zero-order valence-corrected chi connectivity index (χ0v) is 40.8. The highest BCUT2D eigenvalue weighted by molar-refractivity contribution is 8.01. The van der Waals surface area contributed by atoms with Gasteiger partial charge in [-0.05, 0) is 21.5 Å². The lowest BCUT2D eigenvalue weighted by atomic mass is 10.1. The minimum Gasteiger partial charge on any atom is -0.477 e. The molecule has 4 aromatic carbocycles. The van der Waals surface area contributed by atoms with E-state index in [1.807, 2.05) is 105 Å². The highest BCUT2D eigenvalue weighted by atomic mass is 32.2. The number of amides is 6. The van der Waals surface area contributed by atoms with Crippen LogP contribution >= 0.6 is 23.5 Å². The maximum Gasteiger partial charge on any atom is 0.352 e. The number of H-pyrrole nitrogens is 1. The van der Waals surface area contributed by atoms with Crippen LogP contribution in [-0.2, 0) is 42.1 Å². The summed E-state index contributed by atoms with van der Waals surface area (Å²) in [6.07, 6.45) is 0.0849. The number of aromatic amines is 1. The Morgan fingerprint density at radius 2 is 1.47 bits per heavy atom. The normalized spacial score (nSPS) is 17.7. The van der Waals surface area contributed by atoms with Crippen molar-refractivity contribution in [3.63, 3.8) is 0 Å². The number of hydroxylamine groups is 1. The van der Waals surface area contributed by atoms with Gasteiger partial charge in [0.25, 0.3) is 8.32 Å². The van der Waals surface area contributed by atoms with Crippen molar-refractivity contribution in [2.45, 2.75) is 53.8 Å². The highest BCUT2D eigenvalue weighted by Crippen LogP contribution is 2.45. The third-order valence-corrected chi connectivity index (χ3v) is 19.7. The van der Waals surface area contributed by atoms with E-state index in [0.717, 1.165) is 37.2 Å². The first kappa shape index (κ1) is 49.3. The van der Waals surface area contributed by atoms with E-state index in [4.69, 9.17) is 4.53 Å². The van der Waals surface area contributed by atoms with Crippen LogP contribution < -0.4 is 37.6 Å². The van der Waals surface area contributed by atoms with Gasteiger partial charge in [-0.2, -0.15) is 5.48 Å². The number of carboxylic acids is 1. The Hall–Kier alpha value is -7.11. The first-order chi connectivity index (χ1) is 33.6. The number of imide groups is 1. The van der Waals surface area contributed by atoms with E-state index in [2.05, 4.69) is 26.3 Å². The summed E-state index contributed by atoms with van der Waals surface area (Å²) in [5.74, 6) is -4.26. The standard InChI is InChI=1S/C48H49N9O10S2Si/c1-48(2,29-49-39(59)37(31-18-10-5-11-19-31)50-46(66)56-25-24-55(43(62)44(56)63)27-30-16-8-4-9-17-30)70(32-20-12-6-13-21-32,33-22-14-7-15-23-33)67-53-41-34(28-68-47-52-51-40(60)42(61)54(47)3)38(45(64)65)57-35(58)26-36(57)69-41/h4-23,36-37,41,53H,24-29H2,1-3H3,(H,49,59)(H,50,66)(H,51,60)(H,64,65)/t36-,37?,41?/m1/s1. The average Bonchev–Trinajstić information content (AvgIpc) is 3.36. The van der Waals surface area contributed by atoms with Gasteiger partial charge in [-0.1, -0.05) is 147 Å². The number of aromatic nitrogens is 3. The molecule has 22 heteroatoms. The molecular formula is C48H49N9O10S2Si. The van der Waals surface area contributed by atoms with Crippen LogP contribution in [0, 0.1) is 0 Å². The van der Waals surface area contributed by atoms with Crippen molar-refractivity contribution in [2.24, 2.45) is 7.05 Å². The Kier molecular flexibility index (Phi) is 14.7. The van der Waals surface area contributed by atoms with Crippen molar-refractivity contribution in [1.29, 1.82) is 0 Å². The molecule has 1 aromatic heterocycles. The fourth-order valence-electron chi connectivity index (χ4n) is 8.69. The van der Waals surface area contributed by atoms with Gasteiger partial charge in [0.15, 0.2) is 5.16 Å². The smallest absolute Gasteiger partial charge is 0.352 e. The Balaban J connectivity index is 1.09. The van der Waals surface area contributed by atoms with Crippen LogP contribution in [-0.4, -0.2) is 115 Å². The molecule has 362 valence electrons. The summed E-state index contributed by atoms with van der Waals surface area (Å²) in [6, 6.07) is 34.4. The van der Waals surface area contributed by atoms with Crippen molar-refractivity contribution in [3.05, 3.63) is 164 Å². The Morgan fingerprint density at radius 3 is 2.07 bits per heavy atom. The zero-order valence-electron chi connectivity index (χ0n) is 38.2. The average molecular weight is 1000 g/mol. The van der Waals surface area contributed by atoms with Gasteiger partial charge < -0.3 is 25.2 Å². The number of aliphatic carboxylic acids is 1. The minimum atomic E-state index is -3.75. The third-order valence-electron chi connectivity index (χ3n) is 12.4. The second-order valence-electron chi connectivity index (χ2n) is 17.3. The lowest BCUT2D eigenvalue weighted by molar-refractivity contribution is -0.154. The number of nitrogens with one attached hydrogen (secondary N) is 4. The summed E-state index contributed by atoms with van der Waals surface area (Å²) in [7, 11) is -2.38. The number of urea groups is 1. The minimum absolute atomic E-state index is 0.0359. The van der Waals surface area contributed by atoms with E-state index in [0.29, 0.717) is 5.56 Å². The number of rotatable bonds is 17. The van der Waals surface area contributed by atoms with Crippen molar-refractivity contribution in [1.82, 2.24) is 45.6 Å². The van der Waals surface area contributed by atoms with E-state index in [9.17, 15) is 43.5 Å². The second kappa shape index (κ2) is 20.9. The highest BCUT2D eigenvalue weighted by Gasteiger charge is 2.56. The number of carboxylic acid groups (broad SMARTS) is 1. The number of hydrogen-bond acceptors (Lipinski definition) is 13. The molecule has 0 spiro atoms. The number of thioether (sulfide) groups is 2. The fourth-order valence-corrected chi connectivity index (χ4v) is 15.6. The predicted octanol–water partition coefficient (Wildman–Crippen LogP) is 2.03. The summed E-state index contributed by atoms with van der Waals surface area (Å²) < 4.78 is 8.26. The maximum atomic E-state index is 14.6. The largest absolute Gasteiger partial charge is 0.477 e. The van der Waals surface area contributed by atoms with E-state index in [1.165, 1.54) is 28.6 Å². The monoisotopic (exact) mass is 1000 g/mol. The summed E-state index contributed by atoms with van der Waals surface area (Å²) in [5.41, 5.74) is 2.74. The molecule has 3 atom stereocenters. The first-order valence-electron chi connectivity index (χ1n) is 22.2. The molecule has 70 heavy (non-hydrogen) atoms. The predicted molar refractivity (Wildman–Crippen MR) is 263 cm³/mol. The van der Waals surface area contributed by atoms with Gasteiger partial charge in [-0.25, -0.2) is 14.7 Å². The van der Waals surface area contributed by atoms with Gasteiger partial charge in [-0.15, -0.1) is 16.9 Å². The SMILES string of the molecule is Cn1c(SCC2=C(C(=O)O)N3C(=O)C[C@H]3SC2NO[Si](c2ccccc2)(c2ccccc2)C(C)(C)CNC(=O)C(NC(=O)N2CCN(Cc3ccccc3)C(=O)C2=O)c2ccccc2)n[nH]c(=O)c1=O. The Morgan fingerprint density at radius 1 is 0.871 bits per heavy atom. The summed E-state index contributed by atoms with van der Waals surface area (Å²) >= 11 is 2.28. The number of carbonyl (C=O) groups is 6. The number of carbonyl (C=O) groups excluding carboxylic acids is 5. The van der Waals surface area contributed by atoms with Crippen molar-refractivity contribution in [3.8, 4) is 0 Å². The number of fused-ring (bicyclic) bond motifs is 1. The van der Waals surface area contributed by atoms with Crippen LogP contribution in [0.3, 0.4) is 0 Å². The number of benzene rings is 4. The molecule has 2 unspecified atom stereocenters. The molecule has 5 N–H and O–H groups in total. The van der Waals surface area contributed by atoms with Crippen LogP contribution in [0.1, 0.15) is 37.4 Å². The van der Waals surface area contributed by atoms with Crippen LogP contribution in [0.4, 0.5) is 4.79 Å². The Bertz CT molecular complexity index is 2920. The number of piperazine rings is 1. The van der Waals surface area contributed by atoms with Crippen LogP contribution in [0.2, 0.25) is 5.04 Å². The lowest BCUT2D eigenvalue weighted by Gasteiger charge is -2.49. The van der Waals surface area contributed by atoms with E-state index < -0.39 is 71.0 Å². The molecule has 3 aliphatic heterocycles. The molecule has 0 bridgehead atoms. The molecule has 0 saturated carbocycles. The van der Waals surface area contributed by atoms with Gasteiger partial charge in [0.2, 0.25) is 11.8 Å².